The molecule has 0 saturated heterocycles. The molecule has 2 rings (SSSR count). The summed E-state index contributed by atoms with van der Waals surface area (Å²) in [6.07, 6.45) is 2.66. The number of rotatable bonds is 4. The van der Waals surface area contributed by atoms with Gasteiger partial charge >= 0.3 is 5.97 Å². The van der Waals surface area contributed by atoms with Gasteiger partial charge in [-0.3, -0.25) is 0 Å². The van der Waals surface area contributed by atoms with Crippen molar-refractivity contribution in [3.8, 4) is 5.75 Å². The van der Waals surface area contributed by atoms with Crippen molar-refractivity contribution in [2.75, 3.05) is 0 Å². The Morgan fingerprint density at radius 1 is 1.38 bits per heavy atom. The molecular formula is C14H19NO5S. The second-order valence-corrected chi connectivity index (χ2v) is 7.75. The van der Waals surface area contributed by atoms with E-state index in [2.05, 4.69) is 4.72 Å². The Balaban J connectivity index is 2.32. The summed E-state index contributed by atoms with van der Waals surface area (Å²) in [6.45, 7) is 4.01. The molecule has 1 aliphatic carbocycles. The standard InChI is InChI=1S/C14H19NO5S/c1-14(2)7-3-4-12(14)15-21(19,20)9-5-6-11(16)10(8-9)13(17)18/h5-6,8,12,15-16H,3-4,7H2,1-2H3,(H,17,18). The number of benzene rings is 1. The van der Waals surface area contributed by atoms with E-state index in [-0.39, 0.29) is 16.4 Å². The number of aromatic hydroxyl groups is 1. The fourth-order valence-corrected chi connectivity index (χ4v) is 4.12. The van der Waals surface area contributed by atoms with Crippen molar-refractivity contribution in [3.63, 3.8) is 0 Å². The van der Waals surface area contributed by atoms with Crippen molar-refractivity contribution in [2.24, 2.45) is 5.41 Å². The number of hydrogen-bond donors (Lipinski definition) is 3. The lowest BCUT2D eigenvalue weighted by Gasteiger charge is -2.27. The van der Waals surface area contributed by atoms with Crippen LogP contribution in [0.3, 0.4) is 0 Å². The molecule has 1 atom stereocenters. The van der Waals surface area contributed by atoms with Gasteiger partial charge in [0, 0.05) is 6.04 Å². The molecule has 0 heterocycles. The summed E-state index contributed by atoms with van der Waals surface area (Å²) in [4.78, 5) is 10.8. The van der Waals surface area contributed by atoms with Crippen molar-refractivity contribution in [2.45, 2.75) is 44.0 Å². The van der Waals surface area contributed by atoms with Crippen LogP contribution in [0.5, 0.6) is 5.75 Å². The van der Waals surface area contributed by atoms with Gasteiger partial charge in [0.25, 0.3) is 0 Å². The smallest absolute Gasteiger partial charge is 0.339 e. The van der Waals surface area contributed by atoms with Gasteiger partial charge in [-0.2, -0.15) is 0 Å². The van der Waals surface area contributed by atoms with Crippen molar-refractivity contribution in [1.82, 2.24) is 4.72 Å². The molecule has 1 fully saturated rings. The molecule has 0 amide bonds. The first-order chi connectivity index (χ1) is 9.63. The van der Waals surface area contributed by atoms with E-state index in [1.807, 2.05) is 13.8 Å². The molecule has 0 bridgehead atoms. The second kappa shape index (κ2) is 5.31. The molecular weight excluding hydrogens is 294 g/mol. The summed E-state index contributed by atoms with van der Waals surface area (Å²) in [5.74, 6) is -1.83. The molecule has 1 aliphatic rings. The zero-order valence-electron chi connectivity index (χ0n) is 12.0. The van der Waals surface area contributed by atoms with E-state index in [0.717, 1.165) is 31.4 Å². The van der Waals surface area contributed by atoms with Gasteiger partial charge in [0.05, 0.1) is 4.90 Å². The van der Waals surface area contributed by atoms with E-state index >= 15 is 0 Å². The Labute approximate surface area is 123 Å². The van der Waals surface area contributed by atoms with E-state index < -0.39 is 27.3 Å². The maximum Gasteiger partial charge on any atom is 0.339 e. The number of carboxylic acid groups (broad SMARTS) is 1. The van der Waals surface area contributed by atoms with Gasteiger partial charge in [-0.1, -0.05) is 20.3 Å². The Bertz CT molecular complexity index is 666. The van der Waals surface area contributed by atoms with Gasteiger partial charge in [0.15, 0.2) is 0 Å². The molecule has 0 radical (unpaired) electrons. The maximum atomic E-state index is 12.4. The van der Waals surface area contributed by atoms with Crippen molar-refractivity contribution >= 4 is 16.0 Å². The number of nitrogens with one attached hydrogen (secondary N) is 1. The zero-order chi connectivity index (χ0) is 15.8. The lowest BCUT2D eigenvalue weighted by atomic mass is 9.88. The largest absolute Gasteiger partial charge is 0.507 e. The van der Waals surface area contributed by atoms with Gasteiger partial charge < -0.3 is 10.2 Å². The molecule has 1 saturated carbocycles. The van der Waals surface area contributed by atoms with Crippen LogP contribution in [0, 0.1) is 5.41 Å². The van der Waals surface area contributed by atoms with Crippen molar-refractivity contribution in [3.05, 3.63) is 23.8 Å². The minimum Gasteiger partial charge on any atom is -0.507 e. The number of carbonyl (C=O) groups is 1. The normalized spacial score (nSPS) is 21.3. The molecule has 0 aromatic heterocycles. The molecule has 21 heavy (non-hydrogen) atoms. The highest BCUT2D eigenvalue weighted by atomic mass is 32.2. The fraction of sp³-hybridized carbons (Fsp3) is 0.500. The summed E-state index contributed by atoms with van der Waals surface area (Å²) in [5, 5.41) is 18.4. The van der Waals surface area contributed by atoms with E-state index in [1.165, 1.54) is 6.07 Å². The number of carboxylic acids is 1. The fourth-order valence-electron chi connectivity index (χ4n) is 2.65. The van der Waals surface area contributed by atoms with Gasteiger partial charge in [0.2, 0.25) is 10.0 Å². The Morgan fingerprint density at radius 2 is 2.05 bits per heavy atom. The molecule has 1 aromatic rings. The van der Waals surface area contributed by atoms with Crippen LogP contribution in [-0.2, 0) is 10.0 Å². The maximum absolute atomic E-state index is 12.4. The van der Waals surface area contributed by atoms with Crippen LogP contribution in [0.2, 0.25) is 0 Å². The molecule has 7 heteroatoms. The average Bonchev–Trinajstić information content (AvgIpc) is 2.68. The molecule has 6 nitrogen and oxygen atoms in total. The highest BCUT2D eigenvalue weighted by molar-refractivity contribution is 7.89. The first-order valence-corrected chi connectivity index (χ1v) is 8.20. The minimum absolute atomic E-state index is 0.125. The lowest BCUT2D eigenvalue weighted by Crippen LogP contribution is -2.41. The molecule has 1 aromatic carbocycles. The van der Waals surface area contributed by atoms with E-state index in [0.29, 0.717) is 0 Å². The summed E-state index contributed by atoms with van der Waals surface area (Å²) >= 11 is 0. The van der Waals surface area contributed by atoms with Crippen molar-refractivity contribution in [1.29, 1.82) is 0 Å². The van der Waals surface area contributed by atoms with Gasteiger partial charge in [-0.15, -0.1) is 0 Å². The van der Waals surface area contributed by atoms with Crippen molar-refractivity contribution < 1.29 is 23.4 Å². The van der Waals surface area contributed by atoms with Gasteiger partial charge in [-0.25, -0.2) is 17.9 Å². The van der Waals surface area contributed by atoms with Crippen LogP contribution < -0.4 is 4.72 Å². The predicted octanol–water partition coefficient (Wildman–Crippen LogP) is 1.95. The van der Waals surface area contributed by atoms with E-state index in [9.17, 15) is 18.3 Å². The van der Waals surface area contributed by atoms with Crippen LogP contribution >= 0.6 is 0 Å². The van der Waals surface area contributed by atoms with Crippen LogP contribution in [0.25, 0.3) is 0 Å². The number of sulfonamides is 1. The number of aromatic carboxylic acids is 1. The Kier molecular flexibility index (Phi) is 3.99. The third kappa shape index (κ3) is 3.19. The minimum atomic E-state index is -3.81. The third-order valence-electron chi connectivity index (χ3n) is 4.06. The summed E-state index contributed by atoms with van der Waals surface area (Å²) in [7, 11) is -3.81. The topological polar surface area (TPSA) is 104 Å². The van der Waals surface area contributed by atoms with Crippen LogP contribution in [-0.4, -0.2) is 30.6 Å². The SMILES string of the molecule is CC1(C)CCCC1NS(=O)(=O)c1ccc(O)c(C(=O)O)c1. The van der Waals surface area contributed by atoms with Crippen LogP contribution in [0.15, 0.2) is 23.1 Å². The van der Waals surface area contributed by atoms with E-state index in [1.54, 1.807) is 0 Å². The average molecular weight is 313 g/mol. The molecule has 116 valence electrons. The number of phenols is 1. The monoisotopic (exact) mass is 313 g/mol. The Morgan fingerprint density at radius 3 is 2.57 bits per heavy atom. The lowest BCUT2D eigenvalue weighted by molar-refractivity contribution is 0.0693. The molecule has 0 spiro atoms. The van der Waals surface area contributed by atoms with E-state index in [4.69, 9.17) is 5.11 Å². The van der Waals surface area contributed by atoms with Crippen LogP contribution in [0.4, 0.5) is 0 Å². The molecule has 0 aliphatic heterocycles. The number of hydrogen-bond acceptors (Lipinski definition) is 4. The quantitative estimate of drug-likeness (QED) is 0.788. The van der Waals surface area contributed by atoms with Gasteiger partial charge in [-0.05, 0) is 36.5 Å². The Hall–Kier alpha value is -1.60. The highest BCUT2D eigenvalue weighted by Crippen LogP contribution is 2.38. The first-order valence-electron chi connectivity index (χ1n) is 6.72. The molecule has 3 N–H and O–H groups in total. The summed E-state index contributed by atoms with van der Waals surface area (Å²) in [5.41, 5.74) is -0.553. The second-order valence-electron chi connectivity index (χ2n) is 6.04. The summed E-state index contributed by atoms with van der Waals surface area (Å²) in [6, 6.07) is 3.08. The van der Waals surface area contributed by atoms with Crippen LogP contribution in [0.1, 0.15) is 43.5 Å². The first kappa shape index (κ1) is 15.8. The third-order valence-corrected chi connectivity index (χ3v) is 5.53. The zero-order valence-corrected chi connectivity index (χ0v) is 12.8. The highest BCUT2D eigenvalue weighted by Gasteiger charge is 2.37. The molecule has 1 unspecified atom stereocenters. The van der Waals surface area contributed by atoms with Gasteiger partial charge in [0.1, 0.15) is 11.3 Å². The predicted molar refractivity (Wildman–Crippen MR) is 76.8 cm³/mol. The summed E-state index contributed by atoms with van der Waals surface area (Å²) < 4.78 is 27.4.